The smallest absolute Gasteiger partial charge is 0.420 e. The van der Waals surface area contributed by atoms with E-state index in [4.69, 9.17) is 11.6 Å². The van der Waals surface area contributed by atoms with Gasteiger partial charge in [0.2, 0.25) is 0 Å². The summed E-state index contributed by atoms with van der Waals surface area (Å²) in [5.74, 6) is -0.740. The molecule has 0 bridgehead atoms. The van der Waals surface area contributed by atoms with E-state index < -0.39 is 17.0 Å². The van der Waals surface area contributed by atoms with Crippen LogP contribution >= 0.6 is 11.6 Å². The van der Waals surface area contributed by atoms with E-state index in [1.54, 1.807) is 24.4 Å². The number of fused-ring (bicyclic) bond motifs is 1. The van der Waals surface area contributed by atoms with Crippen LogP contribution in [0.25, 0.3) is 11.3 Å². The molecule has 12 heteroatoms. The Morgan fingerprint density at radius 1 is 1.10 bits per heavy atom. The molecule has 2 N–H and O–H groups in total. The number of nitrogens with one attached hydrogen (secondary N) is 2. The standard InChI is InChI=1S/C28H31ClF2N6O3/c1-27(2)24-21(23-8-9-32-34-23)16-18(25(38)33-19-4-6-20(7-5-19)40-28(29,30)31)17-22(24)26(39)37(27)15-14-36-12-10-35(3)11-13-36/h4-9,16-17H,10-15H2,1-3H3,(H,32,34)(H,33,38). The average molecular weight is 573 g/mol. The maximum atomic E-state index is 13.8. The lowest BCUT2D eigenvalue weighted by atomic mass is 9.86. The first kappa shape index (κ1) is 28.0. The molecular formula is C28H31ClF2N6O3. The molecule has 1 fully saturated rings. The molecule has 2 aliphatic rings. The molecule has 3 heterocycles. The molecule has 2 aromatic carbocycles. The number of aromatic amines is 1. The van der Waals surface area contributed by atoms with Gasteiger partial charge in [0.05, 0.1) is 11.2 Å². The molecule has 40 heavy (non-hydrogen) atoms. The molecule has 9 nitrogen and oxygen atoms in total. The zero-order chi connectivity index (χ0) is 28.7. The van der Waals surface area contributed by atoms with Gasteiger partial charge in [-0.05, 0) is 68.9 Å². The summed E-state index contributed by atoms with van der Waals surface area (Å²) in [7, 11) is 2.11. The highest BCUT2D eigenvalue weighted by Gasteiger charge is 2.45. The van der Waals surface area contributed by atoms with Crippen LogP contribution in [0.2, 0.25) is 0 Å². The van der Waals surface area contributed by atoms with Crippen LogP contribution in [0.15, 0.2) is 48.7 Å². The Morgan fingerprint density at radius 2 is 1.77 bits per heavy atom. The number of rotatable bonds is 8. The second-order valence-corrected chi connectivity index (χ2v) is 11.0. The first-order chi connectivity index (χ1) is 18.9. The van der Waals surface area contributed by atoms with E-state index in [1.807, 2.05) is 18.7 Å². The number of carbonyl (C=O) groups excluding carboxylic acids is 2. The van der Waals surface area contributed by atoms with Crippen LogP contribution in [-0.2, 0) is 5.54 Å². The molecule has 0 atom stereocenters. The summed E-state index contributed by atoms with van der Waals surface area (Å²) in [4.78, 5) is 33.6. The van der Waals surface area contributed by atoms with Gasteiger partial charge < -0.3 is 19.9 Å². The van der Waals surface area contributed by atoms with Gasteiger partial charge in [0.25, 0.3) is 11.8 Å². The highest BCUT2D eigenvalue weighted by molar-refractivity contribution is 6.20. The third kappa shape index (κ3) is 5.81. The number of hydrogen-bond acceptors (Lipinski definition) is 6. The molecule has 0 aliphatic carbocycles. The Balaban J connectivity index is 1.41. The van der Waals surface area contributed by atoms with E-state index in [9.17, 15) is 18.4 Å². The third-order valence-electron chi connectivity index (χ3n) is 7.54. The van der Waals surface area contributed by atoms with Crippen molar-refractivity contribution in [2.45, 2.75) is 25.0 Å². The lowest BCUT2D eigenvalue weighted by molar-refractivity contribution is -0.0964. The fraction of sp³-hybridized carbons (Fsp3) is 0.393. The van der Waals surface area contributed by atoms with Crippen molar-refractivity contribution in [1.82, 2.24) is 24.9 Å². The van der Waals surface area contributed by atoms with Gasteiger partial charge in [-0.1, -0.05) is 0 Å². The minimum absolute atomic E-state index is 0.131. The molecule has 0 unspecified atom stereocenters. The number of anilines is 1. The van der Waals surface area contributed by atoms with Crippen molar-refractivity contribution in [3.63, 3.8) is 0 Å². The van der Waals surface area contributed by atoms with Crippen LogP contribution in [-0.4, -0.2) is 88.6 Å². The Kier molecular flexibility index (Phi) is 7.56. The van der Waals surface area contributed by atoms with Crippen molar-refractivity contribution in [2.75, 3.05) is 51.6 Å². The van der Waals surface area contributed by atoms with Crippen molar-refractivity contribution in [3.05, 3.63) is 65.4 Å². The molecule has 2 aliphatic heterocycles. The van der Waals surface area contributed by atoms with Crippen LogP contribution in [0.5, 0.6) is 5.75 Å². The van der Waals surface area contributed by atoms with Crippen molar-refractivity contribution >= 4 is 29.1 Å². The van der Waals surface area contributed by atoms with Gasteiger partial charge in [-0.15, -0.1) is 8.78 Å². The Labute approximate surface area is 236 Å². The summed E-state index contributed by atoms with van der Waals surface area (Å²) < 4.78 is 30.1. The minimum atomic E-state index is -3.84. The van der Waals surface area contributed by atoms with Crippen LogP contribution in [0.1, 0.15) is 40.1 Å². The zero-order valence-corrected chi connectivity index (χ0v) is 23.3. The number of likely N-dealkylation sites (N-methyl/N-ethyl adjacent to an activating group) is 1. The number of alkyl halides is 3. The van der Waals surface area contributed by atoms with Crippen molar-refractivity contribution in [1.29, 1.82) is 0 Å². The fourth-order valence-electron chi connectivity index (χ4n) is 5.39. The summed E-state index contributed by atoms with van der Waals surface area (Å²) >= 11 is 4.81. The second-order valence-electron chi connectivity index (χ2n) is 10.6. The average Bonchev–Trinajstić information content (AvgIpc) is 3.50. The molecule has 0 radical (unpaired) electrons. The maximum absolute atomic E-state index is 13.8. The number of piperazine rings is 1. The van der Waals surface area contributed by atoms with Gasteiger partial charge in [0.15, 0.2) is 0 Å². The van der Waals surface area contributed by atoms with Gasteiger partial charge in [-0.2, -0.15) is 5.10 Å². The van der Waals surface area contributed by atoms with E-state index in [-0.39, 0.29) is 17.2 Å². The van der Waals surface area contributed by atoms with Gasteiger partial charge in [0, 0.05) is 79.4 Å². The number of aromatic nitrogens is 2. The largest absolute Gasteiger partial charge is 0.487 e. The second kappa shape index (κ2) is 10.8. The highest BCUT2D eigenvalue weighted by atomic mass is 35.5. The number of H-pyrrole nitrogens is 1. The number of amides is 2. The first-order valence-electron chi connectivity index (χ1n) is 13.0. The Bertz CT molecular complexity index is 1380. The predicted molar refractivity (Wildman–Crippen MR) is 148 cm³/mol. The molecular weight excluding hydrogens is 542 g/mol. The normalized spacial score (nSPS) is 17.6. The molecule has 1 aromatic heterocycles. The van der Waals surface area contributed by atoms with E-state index in [0.29, 0.717) is 29.1 Å². The topological polar surface area (TPSA) is 93.8 Å². The van der Waals surface area contributed by atoms with Crippen LogP contribution in [0.4, 0.5) is 14.5 Å². The monoisotopic (exact) mass is 572 g/mol. The van der Waals surface area contributed by atoms with Crippen molar-refractivity contribution in [3.8, 4) is 17.0 Å². The summed E-state index contributed by atoms with van der Waals surface area (Å²) in [5.41, 5.74) is -1.11. The van der Waals surface area contributed by atoms with Crippen LogP contribution in [0, 0.1) is 0 Å². The Morgan fingerprint density at radius 3 is 2.40 bits per heavy atom. The van der Waals surface area contributed by atoms with E-state index >= 15 is 0 Å². The van der Waals surface area contributed by atoms with E-state index in [0.717, 1.165) is 38.3 Å². The number of hydrogen-bond donors (Lipinski definition) is 2. The number of benzene rings is 2. The molecule has 5 rings (SSSR count). The van der Waals surface area contributed by atoms with E-state index in [2.05, 4.69) is 37.1 Å². The lowest BCUT2D eigenvalue weighted by Gasteiger charge is -2.37. The van der Waals surface area contributed by atoms with Crippen molar-refractivity contribution in [2.24, 2.45) is 0 Å². The SMILES string of the molecule is CN1CCN(CCN2C(=O)c3cc(C(=O)Nc4ccc(OC(F)(F)Cl)cc4)cc(-c4ccn[nH]4)c3C2(C)C)CC1. The molecule has 0 spiro atoms. The van der Waals surface area contributed by atoms with Gasteiger partial charge in [-0.25, -0.2) is 0 Å². The number of nitrogens with zero attached hydrogens (tertiary/aromatic N) is 4. The Hall–Kier alpha value is -3.54. The highest BCUT2D eigenvalue weighted by Crippen LogP contribution is 2.44. The maximum Gasteiger partial charge on any atom is 0.487 e. The molecule has 3 aromatic rings. The third-order valence-corrected chi connectivity index (χ3v) is 7.61. The summed E-state index contributed by atoms with van der Waals surface area (Å²) in [6.07, 6.45) is 1.62. The summed E-state index contributed by atoms with van der Waals surface area (Å²) in [6, 6.07) is 10.6. The molecule has 212 valence electrons. The van der Waals surface area contributed by atoms with Crippen LogP contribution in [0.3, 0.4) is 0 Å². The minimum Gasteiger partial charge on any atom is -0.420 e. The van der Waals surface area contributed by atoms with Gasteiger partial charge in [-0.3, -0.25) is 19.6 Å². The van der Waals surface area contributed by atoms with Gasteiger partial charge >= 0.3 is 5.57 Å². The number of carbonyl (C=O) groups is 2. The lowest BCUT2D eigenvalue weighted by Crippen LogP contribution is -2.49. The molecule has 2 amide bonds. The molecule has 1 saturated heterocycles. The summed E-state index contributed by atoms with van der Waals surface area (Å²) in [5, 5.41) is 9.80. The van der Waals surface area contributed by atoms with E-state index in [1.165, 1.54) is 24.3 Å². The van der Waals surface area contributed by atoms with Crippen molar-refractivity contribution < 1.29 is 23.1 Å². The van der Waals surface area contributed by atoms with Gasteiger partial charge in [0.1, 0.15) is 5.75 Å². The predicted octanol–water partition coefficient (Wildman–Crippen LogP) is 4.44. The number of ether oxygens (including phenoxy) is 1. The quantitative estimate of drug-likeness (QED) is 0.388. The molecule has 0 saturated carbocycles. The summed E-state index contributed by atoms with van der Waals surface area (Å²) in [6.45, 7) is 9.27. The first-order valence-corrected chi connectivity index (χ1v) is 13.4. The number of halogens is 3. The fourth-order valence-corrected chi connectivity index (χ4v) is 5.48. The van der Waals surface area contributed by atoms with Crippen LogP contribution < -0.4 is 10.1 Å². The zero-order valence-electron chi connectivity index (χ0n) is 22.5.